The summed E-state index contributed by atoms with van der Waals surface area (Å²) in [6.45, 7) is 3.25. The molecule has 0 bridgehead atoms. The second kappa shape index (κ2) is 3.88. The van der Waals surface area contributed by atoms with Crippen LogP contribution in [0.4, 0.5) is 0 Å². The maximum atomic E-state index is 11.1. The van der Waals surface area contributed by atoms with Crippen molar-refractivity contribution in [3.05, 3.63) is 0 Å². The molecule has 3 N–H and O–H groups in total. The average molecular weight is 179 g/mol. The molecule has 0 aliphatic rings. The molecule has 66 valence electrons. The van der Waals surface area contributed by atoms with Gasteiger partial charge in [-0.15, -0.1) is 0 Å². The van der Waals surface area contributed by atoms with Gasteiger partial charge < -0.3 is 15.4 Å². The van der Waals surface area contributed by atoms with Gasteiger partial charge in [0.2, 0.25) is 0 Å². The van der Waals surface area contributed by atoms with Crippen LogP contribution in [0.25, 0.3) is 0 Å². The summed E-state index contributed by atoms with van der Waals surface area (Å²) in [5.74, 6) is -1.03. The molecule has 0 radical (unpaired) electrons. The Morgan fingerprint density at radius 2 is 2.09 bits per heavy atom. The van der Waals surface area contributed by atoms with E-state index >= 15 is 0 Å². The molecular weight excluding hydrogens is 165 g/mol. The lowest BCUT2D eigenvalue weighted by Gasteiger charge is -2.08. The van der Waals surface area contributed by atoms with E-state index in [9.17, 15) is 9.36 Å². The minimum absolute atomic E-state index is 0.291. The summed E-state index contributed by atoms with van der Waals surface area (Å²) in [5, 5.41) is 8.36. The molecule has 0 saturated heterocycles. The lowest BCUT2D eigenvalue weighted by Crippen LogP contribution is -2.30. The number of hydrogen-bond donors (Lipinski definition) is 2. The highest BCUT2D eigenvalue weighted by atomic mass is 31.2. The molecule has 0 fully saturated rings. The molecule has 0 aliphatic heterocycles. The van der Waals surface area contributed by atoms with Crippen molar-refractivity contribution in [2.75, 3.05) is 19.5 Å². The van der Waals surface area contributed by atoms with E-state index in [0.29, 0.717) is 12.6 Å². The van der Waals surface area contributed by atoms with Gasteiger partial charge in [0.05, 0.1) is 7.14 Å². The monoisotopic (exact) mass is 179 g/mol. The molecular formula is C6H14NO3P. The Bertz CT molecular complexity index is 186. The SMILES string of the molecule is CP(C)(=O)CCC(N)C(=O)O. The average Bonchev–Trinajstić information content (AvgIpc) is 1.80. The lowest BCUT2D eigenvalue weighted by molar-refractivity contribution is -0.138. The fourth-order valence-electron chi connectivity index (χ4n) is 0.573. The van der Waals surface area contributed by atoms with Crippen LogP contribution in [0.3, 0.4) is 0 Å². The van der Waals surface area contributed by atoms with Gasteiger partial charge in [0.1, 0.15) is 6.04 Å². The quantitative estimate of drug-likeness (QED) is 0.612. The Hall–Kier alpha value is -0.340. The van der Waals surface area contributed by atoms with Gasteiger partial charge in [-0.2, -0.15) is 0 Å². The summed E-state index contributed by atoms with van der Waals surface area (Å²) in [5.41, 5.74) is 5.20. The number of carboxylic acid groups (broad SMARTS) is 1. The van der Waals surface area contributed by atoms with E-state index < -0.39 is 19.2 Å². The van der Waals surface area contributed by atoms with Gasteiger partial charge in [-0.25, -0.2) is 0 Å². The molecule has 11 heavy (non-hydrogen) atoms. The predicted molar refractivity (Wildman–Crippen MR) is 44.5 cm³/mol. The van der Waals surface area contributed by atoms with Crippen LogP contribution < -0.4 is 5.73 Å². The van der Waals surface area contributed by atoms with E-state index in [0.717, 1.165) is 0 Å². The van der Waals surface area contributed by atoms with Crippen LogP contribution in [-0.4, -0.2) is 36.6 Å². The second-order valence-corrected chi connectivity index (χ2v) is 6.63. The Morgan fingerprint density at radius 3 is 2.36 bits per heavy atom. The highest BCUT2D eigenvalue weighted by molar-refractivity contribution is 7.62. The summed E-state index contributed by atoms with van der Waals surface area (Å²) in [7, 11) is -2.10. The van der Waals surface area contributed by atoms with Crippen molar-refractivity contribution < 1.29 is 14.5 Å². The summed E-state index contributed by atoms with van der Waals surface area (Å²) in [6.07, 6.45) is 0.695. The van der Waals surface area contributed by atoms with Gasteiger partial charge in [0.25, 0.3) is 0 Å². The second-order valence-electron chi connectivity index (χ2n) is 3.03. The van der Waals surface area contributed by atoms with Gasteiger partial charge >= 0.3 is 5.97 Å². The van der Waals surface area contributed by atoms with Crippen LogP contribution in [-0.2, 0) is 9.36 Å². The molecule has 0 aliphatic carbocycles. The molecule has 5 heteroatoms. The Kier molecular flexibility index (Phi) is 3.76. The molecule has 0 aromatic heterocycles. The Morgan fingerprint density at radius 1 is 1.64 bits per heavy atom. The van der Waals surface area contributed by atoms with Crippen molar-refractivity contribution in [1.82, 2.24) is 0 Å². The largest absolute Gasteiger partial charge is 0.480 e. The van der Waals surface area contributed by atoms with Crippen molar-refractivity contribution in [2.45, 2.75) is 12.5 Å². The Balaban J connectivity index is 3.72. The van der Waals surface area contributed by atoms with Crippen molar-refractivity contribution in [1.29, 1.82) is 0 Å². The third kappa shape index (κ3) is 6.07. The zero-order valence-electron chi connectivity index (χ0n) is 6.78. The predicted octanol–water partition coefficient (Wildman–Crippen LogP) is 0.411. The maximum absolute atomic E-state index is 11.1. The molecule has 4 nitrogen and oxygen atoms in total. The first-order chi connectivity index (χ1) is 4.83. The van der Waals surface area contributed by atoms with Crippen molar-refractivity contribution >= 4 is 13.1 Å². The summed E-state index contributed by atoms with van der Waals surface area (Å²) in [4.78, 5) is 10.2. The van der Waals surface area contributed by atoms with Gasteiger partial charge in [-0.1, -0.05) is 0 Å². The van der Waals surface area contributed by atoms with E-state index in [1.165, 1.54) is 0 Å². The lowest BCUT2D eigenvalue weighted by atomic mass is 10.2. The number of carbonyl (C=O) groups is 1. The van der Waals surface area contributed by atoms with Crippen LogP contribution >= 0.6 is 7.14 Å². The van der Waals surface area contributed by atoms with Gasteiger partial charge in [0, 0.05) is 6.16 Å². The van der Waals surface area contributed by atoms with E-state index in [2.05, 4.69) is 0 Å². The number of hydrogen-bond acceptors (Lipinski definition) is 3. The highest BCUT2D eigenvalue weighted by Crippen LogP contribution is 2.36. The fraction of sp³-hybridized carbons (Fsp3) is 0.833. The Labute approximate surface area is 66.1 Å². The molecule has 0 heterocycles. The fourth-order valence-corrected chi connectivity index (χ4v) is 1.47. The number of nitrogens with two attached hydrogens (primary N) is 1. The van der Waals surface area contributed by atoms with E-state index in [1.54, 1.807) is 13.3 Å². The first-order valence-electron chi connectivity index (χ1n) is 3.35. The van der Waals surface area contributed by atoms with Crippen LogP contribution in [0.5, 0.6) is 0 Å². The van der Waals surface area contributed by atoms with Crippen LogP contribution in [0, 0.1) is 0 Å². The molecule has 0 aromatic rings. The highest BCUT2D eigenvalue weighted by Gasteiger charge is 2.15. The number of rotatable bonds is 4. The van der Waals surface area contributed by atoms with Crippen molar-refractivity contribution in [2.24, 2.45) is 5.73 Å². The van der Waals surface area contributed by atoms with Crippen molar-refractivity contribution in [3.8, 4) is 0 Å². The zero-order chi connectivity index (χ0) is 9.07. The van der Waals surface area contributed by atoms with Crippen LogP contribution in [0.2, 0.25) is 0 Å². The third-order valence-electron chi connectivity index (χ3n) is 1.30. The molecule has 0 amide bonds. The summed E-state index contributed by atoms with van der Waals surface area (Å²) >= 11 is 0. The van der Waals surface area contributed by atoms with Gasteiger partial charge in [0.15, 0.2) is 0 Å². The molecule has 0 spiro atoms. The smallest absolute Gasteiger partial charge is 0.320 e. The van der Waals surface area contributed by atoms with Crippen LogP contribution in [0.15, 0.2) is 0 Å². The van der Waals surface area contributed by atoms with Gasteiger partial charge in [-0.3, -0.25) is 4.79 Å². The first-order valence-corrected chi connectivity index (χ1v) is 6.14. The molecule has 0 aromatic carbocycles. The molecule has 0 saturated carbocycles. The zero-order valence-corrected chi connectivity index (χ0v) is 7.67. The molecule has 1 atom stereocenters. The third-order valence-corrected chi connectivity index (χ3v) is 2.63. The van der Waals surface area contributed by atoms with Crippen molar-refractivity contribution in [3.63, 3.8) is 0 Å². The summed E-state index contributed by atoms with van der Waals surface area (Å²) < 4.78 is 11.1. The molecule has 0 rings (SSSR count). The topological polar surface area (TPSA) is 80.4 Å². The number of aliphatic carboxylic acids is 1. The standard InChI is InChI=1S/C6H14NO3P/c1-11(2,10)4-3-5(7)6(8)9/h5H,3-4,7H2,1-2H3,(H,8,9). The van der Waals surface area contributed by atoms with Crippen LogP contribution in [0.1, 0.15) is 6.42 Å². The van der Waals surface area contributed by atoms with E-state index in [4.69, 9.17) is 10.8 Å². The number of carboxylic acids is 1. The maximum Gasteiger partial charge on any atom is 0.320 e. The van der Waals surface area contributed by atoms with Gasteiger partial charge in [-0.05, 0) is 19.8 Å². The molecule has 1 unspecified atom stereocenters. The minimum Gasteiger partial charge on any atom is -0.480 e. The normalized spacial score (nSPS) is 14.5. The first kappa shape index (κ1) is 10.7. The van der Waals surface area contributed by atoms with E-state index in [1.807, 2.05) is 0 Å². The minimum atomic E-state index is -2.10. The van der Waals surface area contributed by atoms with E-state index in [-0.39, 0.29) is 0 Å². The summed E-state index contributed by atoms with van der Waals surface area (Å²) in [6, 6.07) is -0.872.